The summed E-state index contributed by atoms with van der Waals surface area (Å²) in [4.78, 5) is 0. The first-order chi connectivity index (χ1) is 10.2. The van der Waals surface area contributed by atoms with Crippen molar-refractivity contribution in [1.82, 2.24) is 0 Å². The highest BCUT2D eigenvalue weighted by molar-refractivity contribution is 6.34. The van der Waals surface area contributed by atoms with E-state index < -0.39 is 0 Å². The van der Waals surface area contributed by atoms with E-state index in [4.69, 9.17) is 36.8 Å². The molecule has 1 atom stereocenters. The van der Waals surface area contributed by atoms with Crippen LogP contribution in [0.2, 0.25) is 5.02 Å². The number of ether oxygens (including phenoxy) is 3. The molecule has 1 aromatic rings. The van der Waals surface area contributed by atoms with Gasteiger partial charge in [-0.2, -0.15) is 0 Å². The lowest BCUT2D eigenvalue weighted by Gasteiger charge is -2.23. The first-order valence-corrected chi connectivity index (χ1v) is 7.11. The molecule has 1 heterocycles. The zero-order valence-electron chi connectivity index (χ0n) is 11.8. The van der Waals surface area contributed by atoms with Crippen molar-refractivity contribution in [3.8, 4) is 5.75 Å². The van der Waals surface area contributed by atoms with Crippen molar-refractivity contribution in [2.24, 2.45) is 10.9 Å². The molecule has 0 bridgehead atoms. The van der Waals surface area contributed by atoms with Gasteiger partial charge in [-0.1, -0.05) is 16.8 Å². The van der Waals surface area contributed by atoms with Crippen LogP contribution in [0.5, 0.6) is 5.75 Å². The van der Waals surface area contributed by atoms with Crippen LogP contribution < -0.4 is 10.5 Å². The lowest BCUT2D eigenvalue weighted by atomic mass is 10.1. The Kier molecular flexibility index (Phi) is 5.67. The molecule has 1 aliphatic heterocycles. The van der Waals surface area contributed by atoms with Gasteiger partial charge in [0.15, 0.2) is 12.1 Å². The zero-order valence-corrected chi connectivity index (χ0v) is 12.6. The van der Waals surface area contributed by atoms with E-state index in [1.807, 2.05) is 0 Å². The highest BCUT2D eigenvalue weighted by Crippen LogP contribution is 2.28. The molecule has 1 saturated heterocycles. The molecule has 1 fully saturated rings. The summed E-state index contributed by atoms with van der Waals surface area (Å²) >= 11 is 6.14. The number of oxime groups is 1. The average Bonchev–Trinajstić information content (AvgIpc) is 2.53. The summed E-state index contributed by atoms with van der Waals surface area (Å²) in [6, 6.07) is 3.31. The molecule has 116 valence electrons. The van der Waals surface area contributed by atoms with Gasteiger partial charge in [0.2, 0.25) is 0 Å². The largest absolute Gasteiger partial charge is 0.496 e. The van der Waals surface area contributed by atoms with E-state index in [1.165, 1.54) is 0 Å². The molecule has 0 radical (unpaired) electrons. The predicted octanol–water partition coefficient (Wildman–Crippen LogP) is 2.49. The normalized spacial score (nSPS) is 19.5. The third kappa shape index (κ3) is 4.00. The quantitative estimate of drug-likeness (QED) is 0.377. The Bertz CT molecular complexity index is 516. The van der Waals surface area contributed by atoms with Gasteiger partial charge in [-0.3, -0.25) is 0 Å². The molecule has 0 spiro atoms. The molecule has 0 amide bonds. The Morgan fingerprint density at radius 3 is 2.95 bits per heavy atom. The summed E-state index contributed by atoms with van der Waals surface area (Å²) in [5, 5.41) is 12.1. The predicted molar refractivity (Wildman–Crippen MR) is 78.9 cm³/mol. The van der Waals surface area contributed by atoms with Crippen molar-refractivity contribution < 1.29 is 19.4 Å². The van der Waals surface area contributed by atoms with Crippen molar-refractivity contribution >= 4 is 17.4 Å². The Morgan fingerprint density at radius 2 is 2.33 bits per heavy atom. The van der Waals surface area contributed by atoms with E-state index in [2.05, 4.69) is 5.16 Å². The summed E-state index contributed by atoms with van der Waals surface area (Å²) < 4.78 is 16.5. The molecule has 7 heteroatoms. The number of hydrogen-bond acceptors (Lipinski definition) is 5. The molecule has 21 heavy (non-hydrogen) atoms. The van der Waals surface area contributed by atoms with E-state index in [-0.39, 0.29) is 12.1 Å². The van der Waals surface area contributed by atoms with Gasteiger partial charge in [0.25, 0.3) is 0 Å². The third-order valence-corrected chi connectivity index (χ3v) is 3.63. The van der Waals surface area contributed by atoms with Crippen molar-refractivity contribution in [1.29, 1.82) is 0 Å². The van der Waals surface area contributed by atoms with Crippen LogP contribution in [0.25, 0.3) is 0 Å². The number of methoxy groups -OCH3 is 1. The molecule has 0 saturated carbocycles. The van der Waals surface area contributed by atoms with E-state index in [0.717, 1.165) is 31.4 Å². The minimum atomic E-state index is -0.189. The van der Waals surface area contributed by atoms with Crippen molar-refractivity contribution in [2.45, 2.75) is 32.2 Å². The molecular formula is C14H19ClN2O4. The van der Waals surface area contributed by atoms with E-state index in [0.29, 0.717) is 22.9 Å². The fourth-order valence-electron chi connectivity index (χ4n) is 2.17. The maximum Gasteiger partial charge on any atom is 0.171 e. The second kappa shape index (κ2) is 7.49. The lowest BCUT2D eigenvalue weighted by molar-refractivity contribution is -0.169. The number of benzene rings is 1. The maximum atomic E-state index is 8.74. The molecule has 0 aromatic heterocycles. The van der Waals surface area contributed by atoms with Gasteiger partial charge in [-0.15, -0.1) is 0 Å². The van der Waals surface area contributed by atoms with Gasteiger partial charge >= 0.3 is 0 Å². The summed E-state index contributed by atoms with van der Waals surface area (Å²) in [5.41, 5.74) is 6.76. The van der Waals surface area contributed by atoms with Crippen LogP contribution in [-0.4, -0.2) is 31.0 Å². The molecule has 1 aliphatic rings. The molecular weight excluding hydrogens is 296 g/mol. The van der Waals surface area contributed by atoms with Gasteiger partial charge in [0, 0.05) is 17.7 Å². The van der Waals surface area contributed by atoms with Gasteiger partial charge < -0.3 is 25.2 Å². The van der Waals surface area contributed by atoms with Crippen LogP contribution in [0.4, 0.5) is 0 Å². The molecule has 2 rings (SSSR count). The Morgan fingerprint density at radius 1 is 1.52 bits per heavy atom. The van der Waals surface area contributed by atoms with Crippen LogP contribution in [0.15, 0.2) is 17.3 Å². The number of hydrogen-bond donors (Lipinski definition) is 2. The Labute approximate surface area is 128 Å². The van der Waals surface area contributed by atoms with Crippen LogP contribution in [0, 0.1) is 0 Å². The van der Waals surface area contributed by atoms with E-state index in [1.54, 1.807) is 19.2 Å². The number of nitrogens with two attached hydrogens (primary N) is 1. The highest BCUT2D eigenvalue weighted by Gasteiger charge is 2.17. The summed E-state index contributed by atoms with van der Waals surface area (Å²) in [5.74, 6) is 0.498. The summed E-state index contributed by atoms with van der Waals surface area (Å²) in [7, 11) is 1.54. The second-order valence-corrected chi connectivity index (χ2v) is 5.14. The summed E-state index contributed by atoms with van der Waals surface area (Å²) in [6.07, 6.45) is 2.87. The first kappa shape index (κ1) is 15.9. The maximum absolute atomic E-state index is 8.74. The van der Waals surface area contributed by atoms with Gasteiger partial charge in [-0.05, 0) is 31.4 Å². The Hall–Kier alpha value is -1.50. The van der Waals surface area contributed by atoms with Crippen LogP contribution in [0.3, 0.4) is 0 Å². The SMILES string of the molecule is COc1cc(/C(N)=N/O)c(Cl)cc1COC1CCCCO1. The van der Waals surface area contributed by atoms with Gasteiger partial charge in [-0.25, -0.2) is 0 Å². The fraction of sp³-hybridized carbons (Fsp3) is 0.500. The average molecular weight is 315 g/mol. The zero-order chi connectivity index (χ0) is 15.2. The smallest absolute Gasteiger partial charge is 0.171 e. The number of amidine groups is 1. The Balaban J connectivity index is 2.13. The first-order valence-electron chi connectivity index (χ1n) is 6.73. The minimum Gasteiger partial charge on any atom is -0.496 e. The number of nitrogens with zero attached hydrogens (tertiary/aromatic N) is 1. The topological polar surface area (TPSA) is 86.3 Å². The number of halogens is 1. The van der Waals surface area contributed by atoms with Crippen molar-refractivity contribution in [3.05, 3.63) is 28.3 Å². The molecule has 1 aromatic carbocycles. The number of rotatable bonds is 5. The van der Waals surface area contributed by atoms with Gasteiger partial charge in [0.1, 0.15) is 5.75 Å². The molecule has 6 nitrogen and oxygen atoms in total. The van der Waals surface area contributed by atoms with Crippen molar-refractivity contribution in [3.63, 3.8) is 0 Å². The van der Waals surface area contributed by atoms with E-state index >= 15 is 0 Å². The van der Waals surface area contributed by atoms with Crippen LogP contribution in [0.1, 0.15) is 30.4 Å². The van der Waals surface area contributed by atoms with Gasteiger partial charge in [0.05, 0.1) is 18.7 Å². The summed E-state index contributed by atoms with van der Waals surface area (Å²) in [6.45, 7) is 1.05. The second-order valence-electron chi connectivity index (χ2n) is 4.74. The monoisotopic (exact) mass is 314 g/mol. The molecule has 3 N–H and O–H groups in total. The minimum absolute atomic E-state index is 0.0682. The third-order valence-electron chi connectivity index (χ3n) is 3.32. The lowest BCUT2D eigenvalue weighted by Crippen LogP contribution is -2.22. The highest BCUT2D eigenvalue weighted by atomic mass is 35.5. The standard InChI is InChI=1S/C14H19ClN2O4/c1-19-12-7-10(14(16)17-18)11(15)6-9(12)8-21-13-4-2-3-5-20-13/h6-7,13,18H,2-5,8H2,1H3,(H2,16,17). The van der Waals surface area contributed by atoms with E-state index in [9.17, 15) is 0 Å². The molecule has 1 unspecified atom stereocenters. The fourth-order valence-corrected chi connectivity index (χ4v) is 2.46. The molecule has 0 aliphatic carbocycles. The van der Waals surface area contributed by atoms with Crippen molar-refractivity contribution in [2.75, 3.05) is 13.7 Å². The van der Waals surface area contributed by atoms with Crippen LogP contribution >= 0.6 is 11.6 Å². The van der Waals surface area contributed by atoms with Crippen LogP contribution in [-0.2, 0) is 16.1 Å².